The van der Waals surface area contributed by atoms with Crippen LogP contribution in [0.25, 0.3) is 22.0 Å². The van der Waals surface area contributed by atoms with E-state index in [1.807, 2.05) is 19.9 Å². The molecule has 0 N–H and O–H groups in total. The Morgan fingerprint density at radius 2 is 1.90 bits per heavy atom. The van der Waals surface area contributed by atoms with Crippen LogP contribution < -0.4 is 15.0 Å². The summed E-state index contributed by atoms with van der Waals surface area (Å²) in [6, 6.07) is 8.76. The molecule has 0 aliphatic carbocycles. The zero-order chi connectivity index (χ0) is 22.1. The first kappa shape index (κ1) is 20.3. The van der Waals surface area contributed by atoms with E-state index in [1.165, 1.54) is 4.57 Å². The van der Waals surface area contributed by atoms with Crippen LogP contribution in [0.5, 0.6) is 11.5 Å². The minimum absolute atomic E-state index is 0.0530. The van der Waals surface area contributed by atoms with E-state index in [1.54, 1.807) is 44.7 Å². The van der Waals surface area contributed by atoms with Crippen LogP contribution in [0.2, 0.25) is 0 Å². The van der Waals surface area contributed by atoms with Gasteiger partial charge in [0.05, 0.1) is 43.1 Å². The van der Waals surface area contributed by atoms with Crippen LogP contribution in [0.4, 0.5) is 0 Å². The number of aldehydes is 1. The van der Waals surface area contributed by atoms with Gasteiger partial charge in [-0.1, -0.05) is 5.16 Å². The second-order valence-electron chi connectivity index (χ2n) is 7.07. The average Bonchev–Trinajstić information content (AvgIpc) is 3.12. The lowest BCUT2D eigenvalue weighted by Gasteiger charge is -2.16. The number of hydrogen-bond donors (Lipinski definition) is 0. The summed E-state index contributed by atoms with van der Waals surface area (Å²) < 4.78 is 17.8. The quantitative estimate of drug-likeness (QED) is 0.441. The van der Waals surface area contributed by atoms with Crippen LogP contribution >= 0.6 is 0 Å². The second kappa shape index (κ2) is 8.06. The Labute approximate surface area is 178 Å². The van der Waals surface area contributed by atoms with Crippen molar-refractivity contribution in [3.05, 3.63) is 69.6 Å². The molecule has 0 saturated heterocycles. The van der Waals surface area contributed by atoms with Crippen molar-refractivity contribution in [2.24, 2.45) is 0 Å². The maximum atomic E-state index is 13.0. The highest BCUT2D eigenvalue weighted by Crippen LogP contribution is 2.37. The number of aryl methyl sites for hydroxylation is 2. The minimum atomic E-state index is -0.414. The molecule has 31 heavy (non-hydrogen) atoms. The predicted molar refractivity (Wildman–Crippen MR) is 115 cm³/mol. The topological polar surface area (TPSA) is 96.5 Å². The summed E-state index contributed by atoms with van der Waals surface area (Å²) >= 11 is 0. The number of benzene rings is 1. The summed E-state index contributed by atoms with van der Waals surface area (Å²) in [6.45, 7) is 3.81. The molecule has 0 saturated carbocycles. The molecule has 0 unspecified atom stereocenters. The van der Waals surface area contributed by atoms with Crippen molar-refractivity contribution >= 4 is 17.2 Å². The second-order valence-corrected chi connectivity index (χ2v) is 7.07. The van der Waals surface area contributed by atoms with Gasteiger partial charge in [-0.15, -0.1) is 0 Å². The number of carbonyl (C=O) groups excluding carboxylic acids is 1. The minimum Gasteiger partial charge on any atom is -0.496 e. The van der Waals surface area contributed by atoms with E-state index in [0.717, 1.165) is 16.8 Å². The molecule has 0 radical (unpaired) electrons. The average molecular weight is 419 g/mol. The molecular formula is C23H21N3O5. The molecule has 3 aromatic heterocycles. The third-order valence-corrected chi connectivity index (χ3v) is 5.25. The SMILES string of the molecule is COc1cc2c(cc1-c1c(C)noc1C)cc(C=O)c(=O)n2Cc1ncccc1OC. The Kier molecular flexibility index (Phi) is 5.29. The van der Waals surface area contributed by atoms with Crippen molar-refractivity contribution < 1.29 is 18.8 Å². The fourth-order valence-corrected chi connectivity index (χ4v) is 3.78. The Bertz CT molecular complexity index is 1330. The first-order valence-electron chi connectivity index (χ1n) is 9.60. The highest BCUT2D eigenvalue weighted by atomic mass is 16.5. The molecule has 0 bridgehead atoms. The van der Waals surface area contributed by atoms with E-state index in [0.29, 0.717) is 40.1 Å². The van der Waals surface area contributed by atoms with Crippen molar-refractivity contribution in [2.75, 3.05) is 14.2 Å². The summed E-state index contributed by atoms with van der Waals surface area (Å²) in [6.07, 6.45) is 2.19. The highest BCUT2D eigenvalue weighted by molar-refractivity contribution is 5.92. The number of ether oxygens (including phenoxy) is 2. The molecule has 4 aromatic rings. The molecule has 0 spiro atoms. The number of pyridine rings is 2. The van der Waals surface area contributed by atoms with Crippen LogP contribution in [0.3, 0.4) is 0 Å². The fourth-order valence-electron chi connectivity index (χ4n) is 3.78. The number of rotatable bonds is 6. The van der Waals surface area contributed by atoms with Gasteiger partial charge in [-0.05, 0) is 38.1 Å². The summed E-state index contributed by atoms with van der Waals surface area (Å²) in [7, 11) is 3.11. The Hall–Kier alpha value is -3.94. The zero-order valence-electron chi connectivity index (χ0n) is 17.6. The Morgan fingerprint density at radius 1 is 1.13 bits per heavy atom. The van der Waals surface area contributed by atoms with Gasteiger partial charge in [0.15, 0.2) is 6.29 Å². The van der Waals surface area contributed by atoms with Gasteiger partial charge in [0, 0.05) is 23.2 Å². The fraction of sp³-hybridized carbons (Fsp3) is 0.217. The molecule has 158 valence electrons. The number of fused-ring (bicyclic) bond motifs is 1. The molecule has 8 heteroatoms. The molecular weight excluding hydrogens is 398 g/mol. The van der Waals surface area contributed by atoms with Crippen LogP contribution in [0.1, 0.15) is 27.5 Å². The van der Waals surface area contributed by atoms with E-state index in [4.69, 9.17) is 14.0 Å². The van der Waals surface area contributed by atoms with Crippen molar-refractivity contribution in [3.63, 3.8) is 0 Å². The van der Waals surface area contributed by atoms with Crippen LogP contribution in [0.15, 0.2) is 45.8 Å². The predicted octanol–water partition coefficient (Wildman–Crippen LogP) is 3.55. The van der Waals surface area contributed by atoms with E-state index in [9.17, 15) is 9.59 Å². The zero-order valence-corrected chi connectivity index (χ0v) is 17.6. The van der Waals surface area contributed by atoms with Gasteiger partial charge in [-0.25, -0.2) is 0 Å². The maximum absolute atomic E-state index is 13.0. The third kappa shape index (κ3) is 3.46. The number of nitrogens with zero attached hydrogens (tertiary/aromatic N) is 3. The van der Waals surface area contributed by atoms with E-state index in [-0.39, 0.29) is 12.1 Å². The molecule has 4 rings (SSSR count). The van der Waals surface area contributed by atoms with Gasteiger partial charge < -0.3 is 18.6 Å². The van der Waals surface area contributed by atoms with Crippen LogP contribution in [-0.2, 0) is 6.54 Å². The van der Waals surface area contributed by atoms with Crippen molar-refractivity contribution in [1.29, 1.82) is 0 Å². The molecule has 0 atom stereocenters. The summed E-state index contributed by atoms with van der Waals surface area (Å²) in [5.74, 6) is 1.76. The monoisotopic (exact) mass is 419 g/mol. The van der Waals surface area contributed by atoms with Gasteiger partial charge in [0.1, 0.15) is 23.0 Å². The molecule has 8 nitrogen and oxygen atoms in total. The lowest BCUT2D eigenvalue weighted by molar-refractivity contribution is 0.112. The van der Waals surface area contributed by atoms with Crippen LogP contribution in [-0.4, -0.2) is 35.2 Å². The highest BCUT2D eigenvalue weighted by Gasteiger charge is 2.20. The van der Waals surface area contributed by atoms with Crippen molar-refractivity contribution in [1.82, 2.24) is 14.7 Å². The van der Waals surface area contributed by atoms with Gasteiger partial charge >= 0.3 is 0 Å². The van der Waals surface area contributed by atoms with Crippen LogP contribution in [0, 0.1) is 13.8 Å². The number of methoxy groups -OCH3 is 2. The number of carbonyl (C=O) groups is 1. The van der Waals surface area contributed by atoms with Gasteiger partial charge in [0.25, 0.3) is 5.56 Å². The Morgan fingerprint density at radius 3 is 2.55 bits per heavy atom. The standard InChI is InChI=1S/C23H21N3O5/c1-13-22(14(2)31-25-13)17-9-15-8-16(12-27)23(28)26(19(15)10-21(17)30-4)11-18-20(29-3)6-5-7-24-18/h5-10,12H,11H2,1-4H3. The number of aromatic nitrogens is 3. The first-order valence-corrected chi connectivity index (χ1v) is 9.60. The normalized spacial score (nSPS) is 11.0. The molecule has 1 aromatic carbocycles. The van der Waals surface area contributed by atoms with Crippen molar-refractivity contribution in [3.8, 4) is 22.6 Å². The molecule has 0 amide bonds. The lowest BCUT2D eigenvalue weighted by Crippen LogP contribution is -2.25. The summed E-state index contributed by atoms with van der Waals surface area (Å²) in [5.41, 5.74) is 3.12. The largest absolute Gasteiger partial charge is 0.496 e. The molecule has 0 fully saturated rings. The maximum Gasteiger partial charge on any atom is 0.261 e. The summed E-state index contributed by atoms with van der Waals surface area (Å²) in [4.78, 5) is 29.0. The smallest absolute Gasteiger partial charge is 0.261 e. The lowest BCUT2D eigenvalue weighted by atomic mass is 9.99. The van der Waals surface area contributed by atoms with Crippen molar-refractivity contribution in [2.45, 2.75) is 20.4 Å². The summed E-state index contributed by atoms with van der Waals surface area (Å²) in [5, 5.41) is 4.73. The first-order chi connectivity index (χ1) is 15.0. The van der Waals surface area contributed by atoms with Gasteiger partial charge in [0.2, 0.25) is 0 Å². The van der Waals surface area contributed by atoms with Gasteiger partial charge in [-0.3, -0.25) is 14.6 Å². The Balaban J connectivity index is 2.01. The molecule has 0 aliphatic rings. The molecule has 0 aliphatic heterocycles. The molecule has 3 heterocycles. The third-order valence-electron chi connectivity index (χ3n) is 5.25. The number of hydrogen-bond acceptors (Lipinski definition) is 7. The van der Waals surface area contributed by atoms with E-state index in [2.05, 4.69) is 10.1 Å². The van der Waals surface area contributed by atoms with Gasteiger partial charge in [-0.2, -0.15) is 0 Å². The van der Waals surface area contributed by atoms with E-state index >= 15 is 0 Å². The van der Waals surface area contributed by atoms with E-state index < -0.39 is 5.56 Å².